The Kier molecular flexibility index (Phi) is 6.83. The zero-order valence-corrected chi connectivity index (χ0v) is 11.7. The van der Waals surface area contributed by atoms with Gasteiger partial charge in [0.1, 0.15) is 6.10 Å². The molecule has 2 heteroatoms. The fraction of sp³-hybridized carbons (Fsp3) is 0.867. The molecule has 0 aromatic rings. The molecular weight excluding hydrogens is 212 g/mol. The van der Waals surface area contributed by atoms with Crippen LogP contribution in [0.2, 0.25) is 0 Å². The molecule has 1 atom stereocenters. The monoisotopic (exact) mass is 240 g/mol. The third-order valence-corrected chi connectivity index (χ3v) is 3.11. The lowest BCUT2D eigenvalue weighted by atomic mass is 10.1. The van der Waals surface area contributed by atoms with Gasteiger partial charge in [0.25, 0.3) is 0 Å². The summed E-state index contributed by atoms with van der Waals surface area (Å²) in [5.41, 5.74) is 0. The van der Waals surface area contributed by atoms with Gasteiger partial charge in [0.15, 0.2) is 5.79 Å². The molecule has 1 aliphatic rings. The van der Waals surface area contributed by atoms with Crippen molar-refractivity contribution in [1.82, 2.24) is 0 Å². The van der Waals surface area contributed by atoms with E-state index >= 15 is 0 Å². The quantitative estimate of drug-likeness (QED) is 0.461. The van der Waals surface area contributed by atoms with Crippen molar-refractivity contribution in [3.63, 3.8) is 0 Å². The van der Waals surface area contributed by atoms with Gasteiger partial charge in [-0.1, -0.05) is 51.2 Å². The Labute approximate surface area is 106 Å². The lowest BCUT2D eigenvalue weighted by Gasteiger charge is -2.15. The summed E-state index contributed by atoms with van der Waals surface area (Å²) in [6.45, 7) is 6.89. The van der Waals surface area contributed by atoms with Crippen molar-refractivity contribution in [1.29, 1.82) is 0 Å². The summed E-state index contributed by atoms with van der Waals surface area (Å²) >= 11 is 0. The molecule has 100 valence electrons. The molecule has 0 radical (unpaired) electrons. The van der Waals surface area contributed by atoms with Crippen molar-refractivity contribution in [2.75, 3.05) is 6.61 Å². The molecule has 1 aliphatic heterocycles. The molecule has 2 nitrogen and oxygen atoms in total. The molecule has 1 rings (SSSR count). The highest BCUT2D eigenvalue weighted by Crippen LogP contribution is 2.22. The van der Waals surface area contributed by atoms with Gasteiger partial charge >= 0.3 is 0 Å². The molecule has 0 N–H and O–H groups in total. The minimum atomic E-state index is -0.394. The minimum absolute atomic E-state index is 0.157. The van der Waals surface area contributed by atoms with Crippen LogP contribution in [0.1, 0.15) is 65.7 Å². The van der Waals surface area contributed by atoms with E-state index in [1.165, 1.54) is 44.9 Å². The Morgan fingerprint density at radius 3 is 2.47 bits per heavy atom. The first-order chi connectivity index (χ1) is 8.14. The number of hydrogen-bond acceptors (Lipinski definition) is 2. The van der Waals surface area contributed by atoms with Crippen LogP contribution in [0.5, 0.6) is 0 Å². The van der Waals surface area contributed by atoms with E-state index in [9.17, 15) is 0 Å². The smallest absolute Gasteiger partial charge is 0.163 e. The maximum atomic E-state index is 5.70. The van der Waals surface area contributed by atoms with Crippen LogP contribution in [0.3, 0.4) is 0 Å². The second-order valence-corrected chi connectivity index (χ2v) is 5.35. The number of ether oxygens (including phenoxy) is 2. The predicted octanol–water partition coefficient (Wildman–Crippen LogP) is 4.44. The van der Waals surface area contributed by atoms with Gasteiger partial charge in [0, 0.05) is 0 Å². The minimum Gasteiger partial charge on any atom is -0.347 e. The summed E-state index contributed by atoms with van der Waals surface area (Å²) in [7, 11) is 0. The van der Waals surface area contributed by atoms with Crippen LogP contribution < -0.4 is 0 Å². The molecule has 1 heterocycles. The van der Waals surface area contributed by atoms with E-state index in [-0.39, 0.29) is 6.10 Å². The molecule has 0 spiro atoms. The zero-order valence-electron chi connectivity index (χ0n) is 11.7. The summed E-state index contributed by atoms with van der Waals surface area (Å²) in [4.78, 5) is 0. The van der Waals surface area contributed by atoms with Gasteiger partial charge in [-0.2, -0.15) is 0 Å². The fourth-order valence-corrected chi connectivity index (χ4v) is 2.10. The van der Waals surface area contributed by atoms with Crippen molar-refractivity contribution in [2.45, 2.75) is 77.6 Å². The molecule has 0 aromatic carbocycles. The molecule has 0 bridgehead atoms. The first-order valence-electron chi connectivity index (χ1n) is 7.12. The second-order valence-electron chi connectivity index (χ2n) is 5.35. The summed E-state index contributed by atoms with van der Waals surface area (Å²) < 4.78 is 11.2. The van der Waals surface area contributed by atoms with Crippen molar-refractivity contribution < 1.29 is 9.47 Å². The van der Waals surface area contributed by atoms with Crippen molar-refractivity contribution in [3.05, 3.63) is 12.2 Å². The third-order valence-electron chi connectivity index (χ3n) is 3.11. The van der Waals surface area contributed by atoms with Crippen LogP contribution in [0.4, 0.5) is 0 Å². The Morgan fingerprint density at radius 2 is 1.82 bits per heavy atom. The van der Waals surface area contributed by atoms with Gasteiger partial charge in [-0.15, -0.1) is 0 Å². The van der Waals surface area contributed by atoms with Gasteiger partial charge < -0.3 is 9.47 Å². The highest BCUT2D eigenvalue weighted by Gasteiger charge is 2.30. The van der Waals surface area contributed by atoms with E-state index in [1.54, 1.807) is 0 Å². The molecule has 0 saturated carbocycles. The van der Waals surface area contributed by atoms with E-state index in [4.69, 9.17) is 9.47 Å². The van der Waals surface area contributed by atoms with Gasteiger partial charge in [0.05, 0.1) is 6.61 Å². The Morgan fingerprint density at radius 1 is 1.12 bits per heavy atom. The van der Waals surface area contributed by atoms with Crippen LogP contribution >= 0.6 is 0 Å². The second kappa shape index (κ2) is 7.88. The lowest BCUT2D eigenvalue weighted by molar-refractivity contribution is -0.133. The Balaban J connectivity index is 1.96. The maximum absolute atomic E-state index is 5.70. The number of rotatable bonds is 8. The van der Waals surface area contributed by atoms with E-state index < -0.39 is 5.79 Å². The summed E-state index contributed by atoms with van der Waals surface area (Å²) in [5, 5.41) is 0. The van der Waals surface area contributed by atoms with Crippen LogP contribution in [0.25, 0.3) is 0 Å². The van der Waals surface area contributed by atoms with Gasteiger partial charge in [-0.25, -0.2) is 0 Å². The molecule has 0 amide bonds. The Hall–Kier alpha value is -0.340. The van der Waals surface area contributed by atoms with Crippen LogP contribution in [-0.4, -0.2) is 18.5 Å². The summed E-state index contributed by atoms with van der Waals surface area (Å²) in [6, 6.07) is 0. The van der Waals surface area contributed by atoms with Crippen molar-refractivity contribution >= 4 is 0 Å². The molecule has 0 aliphatic carbocycles. The Bertz CT molecular complexity index is 221. The van der Waals surface area contributed by atoms with E-state index in [2.05, 4.69) is 19.1 Å². The SMILES string of the molecule is CCCCCCCC/C=C/C1COC(C)(C)O1. The van der Waals surface area contributed by atoms with Crippen molar-refractivity contribution in [3.8, 4) is 0 Å². The number of hydrogen-bond donors (Lipinski definition) is 0. The van der Waals surface area contributed by atoms with E-state index in [1.807, 2.05) is 13.8 Å². The molecule has 1 fully saturated rings. The standard InChI is InChI=1S/C15H28O2/c1-4-5-6-7-8-9-10-11-12-14-13-16-15(2,3)17-14/h11-12,14H,4-10,13H2,1-3H3/b12-11+. The highest BCUT2D eigenvalue weighted by molar-refractivity contribution is 4.92. The first kappa shape index (κ1) is 14.7. The maximum Gasteiger partial charge on any atom is 0.163 e. The molecule has 17 heavy (non-hydrogen) atoms. The highest BCUT2D eigenvalue weighted by atomic mass is 16.7. The zero-order chi connectivity index (χ0) is 12.6. The lowest BCUT2D eigenvalue weighted by Crippen LogP contribution is -2.20. The number of allylic oxidation sites excluding steroid dienone is 1. The topological polar surface area (TPSA) is 18.5 Å². The number of unbranched alkanes of at least 4 members (excludes halogenated alkanes) is 6. The van der Waals surface area contributed by atoms with E-state index in [0.717, 1.165) is 0 Å². The van der Waals surface area contributed by atoms with Gasteiger partial charge in [-0.3, -0.25) is 0 Å². The molecule has 1 unspecified atom stereocenters. The van der Waals surface area contributed by atoms with E-state index in [0.29, 0.717) is 6.61 Å². The van der Waals surface area contributed by atoms with Crippen LogP contribution in [0.15, 0.2) is 12.2 Å². The van der Waals surface area contributed by atoms with Gasteiger partial charge in [-0.05, 0) is 26.7 Å². The largest absolute Gasteiger partial charge is 0.347 e. The van der Waals surface area contributed by atoms with Crippen LogP contribution in [-0.2, 0) is 9.47 Å². The molecular formula is C15H28O2. The average molecular weight is 240 g/mol. The normalized spacial score (nSPS) is 23.6. The summed E-state index contributed by atoms with van der Waals surface area (Å²) in [5.74, 6) is -0.394. The summed E-state index contributed by atoms with van der Waals surface area (Å²) in [6.07, 6.45) is 13.9. The van der Waals surface area contributed by atoms with Crippen LogP contribution in [0, 0.1) is 0 Å². The molecule has 1 saturated heterocycles. The fourth-order valence-electron chi connectivity index (χ4n) is 2.10. The predicted molar refractivity (Wildman–Crippen MR) is 72.0 cm³/mol. The average Bonchev–Trinajstić information content (AvgIpc) is 2.62. The van der Waals surface area contributed by atoms with Crippen molar-refractivity contribution in [2.24, 2.45) is 0 Å². The third kappa shape index (κ3) is 6.85. The molecule has 0 aromatic heterocycles. The van der Waals surface area contributed by atoms with Gasteiger partial charge in [0.2, 0.25) is 0 Å². The first-order valence-corrected chi connectivity index (χ1v) is 7.12.